The zero-order chi connectivity index (χ0) is 15.6. The molecule has 2 bridgehead atoms. The molecular formula is C19H22N2O2. The lowest BCUT2D eigenvalue weighted by molar-refractivity contribution is 0.0518. The molecule has 1 aromatic heterocycles. The van der Waals surface area contributed by atoms with E-state index in [0.29, 0.717) is 5.92 Å². The van der Waals surface area contributed by atoms with Gasteiger partial charge in [-0.25, -0.2) is 0 Å². The van der Waals surface area contributed by atoms with Gasteiger partial charge in [-0.05, 0) is 68.1 Å². The van der Waals surface area contributed by atoms with Crippen molar-refractivity contribution in [3.05, 3.63) is 39.7 Å². The fraction of sp³-hybridized carbons (Fsp3) is 0.526. The molecule has 4 heteroatoms. The minimum Gasteiger partial charge on any atom is -0.494 e. The van der Waals surface area contributed by atoms with Gasteiger partial charge in [0, 0.05) is 17.5 Å². The Hall–Kier alpha value is -1.81. The largest absolute Gasteiger partial charge is 0.494 e. The highest BCUT2D eigenvalue weighted by Gasteiger charge is 2.37. The number of piperidine rings is 3. The Balaban J connectivity index is 1.78. The van der Waals surface area contributed by atoms with Crippen molar-refractivity contribution in [2.45, 2.75) is 38.1 Å². The van der Waals surface area contributed by atoms with E-state index in [9.17, 15) is 9.90 Å². The Kier molecular flexibility index (Phi) is 2.87. The van der Waals surface area contributed by atoms with Gasteiger partial charge in [0.25, 0.3) is 5.56 Å². The van der Waals surface area contributed by atoms with Crippen LogP contribution in [0.25, 0.3) is 10.8 Å². The normalized spacial score (nSPS) is 29.1. The van der Waals surface area contributed by atoms with Crippen LogP contribution in [0.4, 0.5) is 0 Å². The standard InChI is InChI=1S/C19H22N2O2/c22-18-14-5-1-3-13-4-2-6-15(17(13)14)19(23)21(18)16-11-20-9-7-12(16)8-10-20/h1,3,5,12,16,23H,2,4,6-11H2. The Morgan fingerprint density at radius 3 is 2.70 bits per heavy atom. The van der Waals surface area contributed by atoms with E-state index in [0.717, 1.165) is 68.1 Å². The number of aromatic hydroxyl groups is 1. The van der Waals surface area contributed by atoms with Gasteiger partial charge in [-0.3, -0.25) is 9.36 Å². The third-order valence-corrected chi connectivity index (χ3v) is 6.23. The maximum atomic E-state index is 13.2. The summed E-state index contributed by atoms with van der Waals surface area (Å²) in [5.41, 5.74) is 2.22. The van der Waals surface area contributed by atoms with E-state index in [1.165, 1.54) is 5.56 Å². The molecule has 4 heterocycles. The molecule has 1 aliphatic carbocycles. The molecule has 0 radical (unpaired) electrons. The molecule has 23 heavy (non-hydrogen) atoms. The predicted octanol–water partition coefficient (Wildman–Crippen LogP) is 2.46. The van der Waals surface area contributed by atoms with Crippen molar-refractivity contribution in [2.24, 2.45) is 5.92 Å². The number of pyridine rings is 1. The molecule has 3 saturated heterocycles. The highest BCUT2D eigenvalue weighted by Crippen LogP contribution is 2.40. The number of rotatable bonds is 1. The topological polar surface area (TPSA) is 45.5 Å². The van der Waals surface area contributed by atoms with Crippen molar-refractivity contribution < 1.29 is 5.11 Å². The lowest BCUT2D eigenvalue weighted by Gasteiger charge is -2.45. The second-order valence-corrected chi connectivity index (χ2v) is 7.38. The smallest absolute Gasteiger partial charge is 0.261 e. The first-order chi connectivity index (χ1) is 11.2. The lowest BCUT2D eigenvalue weighted by Crippen LogP contribution is -2.50. The maximum Gasteiger partial charge on any atom is 0.261 e. The van der Waals surface area contributed by atoms with E-state index >= 15 is 0 Å². The monoisotopic (exact) mass is 310 g/mol. The maximum absolute atomic E-state index is 13.2. The van der Waals surface area contributed by atoms with Crippen LogP contribution in [0.3, 0.4) is 0 Å². The minimum atomic E-state index is 0.00347. The summed E-state index contributed by atoms with van der Waals surface area (Å²) in [6.07, 6.45) is 5.22. The first kappa shape index (κ1) is 13.6. The van der Waals surface area contributed by atoms with Crippen LogP contribution >= 0.6 is 0 Å². The second kappa shape index (κ2) is 4.84. The summed E-state index contributed by atoms with van der Waals surface area (Å²) in [4.78, 5) is 15.6. The van der Waals surface area contributed by atoms with Crippen molar-refractivity contribution in [3.8, 4) is 5.88 Å². The van der Waals surface area contributed by atoms with E-state index in [4.69, 9.17) is 0 Å². The van der Waals surface area contributed by atoms with Crippen molar-refractivity contribution in [3.63, 3.8) is 0 Å². The van der Waals surface area contributed by atoms with Crippen molar-refractivity contribution in [1.29, 1.82) is 0 Å². The Morgan fingerprint density at radius 1 is 1.13 bits per heavy atom. The van der Waals surface area contributed by atoms with E-state index < -0.39 is 0 Å². The van der Waals surface area contributed by atoms with Crippen LogP contribution in [-0.4, -0.2) is 34.2 Å². The Morgan fingerprint density at radius 2 is 1.96 bits per heavy atom. The van der Waals surface area contributed by atoms with E-state index in [2.05, 4.69) is 11.0 Å². The van der Waals surface area contributed by atoms with Gasteiger partial charge in [0.1, 0.15) is 0 Å². The third-order valence-electron chi connectivity index (χ3n) is 6.23. The number of aryl methyl sites for hydroxylation is 2. The van der Waals surface area contributed by atoms with Gasteiger partial charge in [0.2, 0.25) is 0 Å². The van der Waals surface area contributed by atoms with Crippen LogP contribution in [0.15, 0.2) is 23.0 Å². The zero-order valence-corrected chi connectivity index (χ0v) is 13.3. The highest BCUT2D eigenvalue weighted by molar-refractivity contribution is 5.90. The summed E-state index contributed by atoms with van der Waals surface area (Å²) in [5, 5.41) is 12.8. The molecule has 1 aromatic carbocycles. The summed E-state index contributed by atoms with van der Waals surface area (Å²) >= 11 is 0. The molecule has 3 fully saturated rings. The van der Waals surface area contributed by atoms with Gasteiger partial charge in [0.05, 0.1) is 6.04 Å². The number of nitrogens with zero attached hydrogens (tertiary/aromatic N) is 2. The molecule has 0 saturated carbocycles. The number of hydrogen-bond donors (Lipinski definition) is 1. The summed E-state index contributed by atoms with van der Waals surface area (Å²) in [5.74, 6) is 0.772. The van der Waals surface area contributed by atoms with Crippen LogP contribution in [0, 0.1) is 5.92 Å². The van der Waals surface area contributed by atoms with Crippen molar-refractivity contribution in [1.82, 2.24) is 9.47 Å². The second-order valence-electron chi connectivity index (χ2n) is 7.38. The average molecular weight is 310 g/mol. The molecule has 0 amide bonds. The molecular weight excluding hydrogens is 288 g/mol. The molecule has 6 rings (SSSR count). The number of benzene rings is 1. The number of aromatic nitrogens is 1. The van der Waals surface area contributed by atoms with Crippen LogP contribution in [0.2, 0.25) is 0 Å². The van der Waals surface area contributed by atoms with Crippen LogP contribution < -0.4 is 5.56 Å². The van der Waals surface area contributed by atoms with Crippen LogP contribution in [-0.2, 0) is 12.8 Å². The summed E-state index contributed by atoms with van der Waals surface area (Å²) in [6, 6.07) is 6.17. The summed E-state index contributed by atoms with van der Waals surface area (Å²) in [7, 11) is 0. The van der Waals surface area contributed by atoms with Crippen LogP contribution in [0.1, 0.15) is 36.4 Å². The molecule has 2 aromatic rings. The zero-order valence-electron chi connectivity index (χ0n) is 13.3. The van der Waals surface area contributed by atoms with E-state index in [-0.39, 0.29) is 17.5 Å². The minimum absolute atomic E-state index is 0.00347. The van der Waals surface area contributed by atoms with Gasteiger partial charge in [-0.1, -0.05) is 12.1 Å². The molecule has 1 N–H and O–H groups in total. The quantitative estimate of drug-likeness (QED) is 0.880. The molecule has 4 aliphatic rings. The van der Waals surface area contributed by atoms with Crippen molar-refractivity contribution in [2.75, 3.05) is 19.6 Å². The van der Waals surface area contributed by atoms with Gasteiger partial charge in [0.15, 0.2) is 5.88 Å². The van der Waals surface area contributed by atoms with E-state index in [1.807, 2.05) is 12.1 Å². The number of hydrogen-bond acceptors (Lipinski definition) is 3. The van der Waals surface area contributed by atoms with Gasteiger partial charge < -0.3 is 10.0 Å². The van der Waals surface area contributed by atoms with E-state index in [1.54, 1.807) is 4.57 Å². The molecule has 0 spiro atoms. The third kappa shape index (κ3) is 1.84. The molecule has 1 atom stereocenters. The summed E-state index contributed by atoms with van der Waals surface area (Å²) in [6.45, 7) is 3.19. The fourth-order valence-electron chi connectivity index (χ4n) is 5.05. The fourth-order valence-corrected chi connectivity index (χ4v) is 5.05. The van der Waals surface area contributed by atoms with Gasteiger partial charge in [-0.15, -0.1) is 0 Å². The SMILES string of the molecule is O=c1c2cccc3c2c(c(O)n1C1CN2CCC1CC2)CCC3. The first-order valence-corrected chi connectivity index (χ1v) is 8.84. The molecule has 1 unspecified atom stereocenters. The molecule has 120 valence electrons. The lowest BCUT2D eigenvalue weighted by atomic mass is 9.83. The molecule has 3 aliphatic heterocycles. The Bertz CT molecular complexity index is 847. The summed E-state index contributed by atoms with van der Waals surface area (Å²) < 4.78 is 1.74. The predicted molar refractivity (Wildman–Crippen MR) is 90.1 cm³/mol. The van der Waals surface area contributed by atoms with Crippen LogP contribution in [0.5, 0.6) is 5.88 Å². The first-order valence-electron chi connectivity index (χ1n) is 8.84. The van der Waals surface area contributed by atoms with Crippen molar-refractivity contribution >= 4 is 10.8 Å². The average Bonchev–Trinajstić information content (AvgIpc) is 2.61. The Labute approximate surface area is 135 Å². The highest BCUT2D eigenvalue weighted by atomic mass is 16.3. The van der Waals surface area contributed by atoms with Gasteiger partial charge >= 0.3 is 0 Å². The molecule has 4 nitrogen and oxygen atoms in total. The number of fused-ring (bicyclic) bond motifs is 3. The van der Waals surface area contributed by atoms with Gasteiger partial charge in [-0.2, -0.15) is 0 Å².